The van der Waals surface area contributed by atoms with E-state index in [-0.39, 0.29) is 0 Å². The van der Waals surface area contributed by atoms with Gasteiger partial charge in [0, 0.05) is 6.04 Å². The summed E-state index contributed by atoms with van der Waals surface area (Å²) in [6.45, 7) is 9.44. The fourth-order valence-corrected chi connectivity index (χ4v) is 3.52. The molecule has 1 aromatic carbocycles. The van der Waals surface area contributed by atoms with Gasteiger partial charge < -0.3 is 10.1 Å². The Labute approximate surface area is 125 Å². The largest absolute Gasteiger partial charge is 0.494 e. The highest BCUT2D eigenvalue weighted by Crippen LogP contribution is 2.30. The topological polar surface area (TPSA) is 34.1 Å². The molecule has 2 aromatic rings. The summed E-state index contributed by atoms with van der Waals surface area (Å²) >= 11 is 1.70. The van der Waals surface area contributed by atoms with Crippen LogP contribution >= 0.6 is 11.3 Å². The number of anilines is 1. The predicted molar refractivity (Wildman–Crippen MR) is 87.9 cm³/mol. The number of benzene rings is 1. The molecule has 110 valence electrons. The van der Waals surface area contributed by atoms with Crippen LogP contribution in [0.2, 0.25) is 0 Å². The first-order valence-electron chi connectivity index (χ1n) is 7.47. The van der Waals surface area contributed by atoms with Gasteiger partial charge in [-0.2, -0.15) is 0 Å². The van der Waals surface area contributed by atoms with Crippen molar-refractivity contribution in [2.75, 3.05) is 11.9 Å². The summed E-state index contributed by atoms with van der Waals surface area (Å²) in [7, 11) is 0. The molecule has 0 saturated carbocycles. The lowest BCUT2D eigenvalue weighted by Gasteiger charge is -2.21. The lowest BCUT2D eigenvalue weighted by Crippen LogP contribution is -2.24. The second kappa shape index (κ2) is 6.93. The van der Waals surface area contributed by atoms with Crippen molar-refractivity contribution in [3.05, 3.63) is 18.2 Å². The molecular formula is C16H24N2OS. The molecule has 0 aliphatic carbocycles. The van der Waals surface area contributed by atoms with Gasteiger partial charge in [0.05, 0.1) is 16.8 Å². The number of hydrogen-bond acceptors (Lipinski definition) is 4. The Balaban J connectivity index is 2.15. The first-order chi connectivity index (χ1) is 9.67. The number of fused-ring (bicyclic) bond motifs is 1. The van der Waals surface area contributed by atoms with Crippen LogP contribution in [-0.4, -0.2) is 17.6 Å². The van der Waals surface area contributed by atoms with E-state index in [1.807, 2.05) is 19.1 Å². The van der Waals surface area contributed by atoms with E-state index in [2.05, 4.69) is 37.1 Å². The van der Waals surface area contributed by atoms with E-state index in [4.69, 9.17) is 4.74 Å². The molecule has 0 spiro atoms. The number of hydrogen-bond donors (Lipinski definition) is 1. The fourth-order valence-electron chi connectivity index (χ4n) is 2.53. The van der Waals surface area contributed by atoms with E-state index in [1.165, 1.54) is 17.5 Å². The van der Waals surface area contributed by atoms with Gasteiger partial charge in [0.1, 0.15) is 5.75 Å². The zero-order chi connectivity index (χ0) is 14.5. The second-order valence-corrected chi connectivity index (χ2v) is 6.12. The van der Waals surface area contributed by atoms with E-state index in [1.54, 1.807) is 11.3 Å². The van der Waals surface area contributed by atoms with Crippen molar-refractivity contribution < 1.29 is 4.74 Å². The minimum atomic E-state index is 0.455. The highest BCUT2D eigenvalue weighted by molar-refractivity contribution is 7.22. The molecule has 0 radical (unpaired) electrons. The predicted octanol–water partition coefficient (Wildman–Crippen LogP) is 4.93. The van der Waals surface area contributed by atoms with Crippen molar-refractivity contribution in [2.24, 2.45) is 5.92 Å². The summed E-state index contributed by atoms with van der Waals surface area (Å²) in [5.41, 5.74) is 1.04. The van der Waals surface area contributed by atoms with Crippen LogP contribution in [0, 0.1) is 5.92 Å². The van der Waals surface area contributed by atoms with Crippen LogP contribution in [0.5, 0.6) is 5.75 Å². The van der Waals surface area contributed by atoms with Crippen molar-refractivity contribution in [1.82, 2.24) is 4.98 Å². The Morgan fingerprint density at radius 2 is 2.00 bits per heavy atom. The number of ether oxygens (including phenoxy) is 1. The third-order valence-electron chi connectivity index (χ3n) is 3.78. The molecule has 20 heavy (non-hydrogen) atoms. The maximum absolute atomic E-state index is 5.54. The molecule has 0 aliphatic rings. The summed E-state index contributed by atoms with van der Waals surface area (Å²) in [6, 6.07) is 6.55. The average Bonchev–Trinajstić information content (AvgIpc) is 2.82. The lowest BCUT2D eigenvalue weighted by molar-refractivity contribution is 0.341. The highest BCUT2D eigenvalue weighted by Gasteiger charge is 2.15. The van der Waals surface area contributed by atoms with Crippen molar-refractivity contribution in [1.29, 1.82) is 0 Å². The molecule has 1 atom stereocenters. The van der Waals surface area contributed by atoms with Crippen LogP contribution in [0.3, 0.4) is 0 Å². The Bertz CT molecular complexity index is 548. The second-order valence-electron chi connectivity index (χ2n) is 5.09. The summed E-state index contributed by atoms with van der Waals surface area (Å²) in [4.78, 5) is 4.66. The maximum Gasteiger partial charge on any atom is 0.184 e. The monoisotopic (exact) mass is 292 g/mol. The number of rotatable bonds is 7. The van der Waals surface area contributed by atoms with Crippen LogP contribution in [0.15, 0.2) is 18.2 Å². The zero-order valence-corrected chi connectivity index (χ0v) is 13.6. The van der Waals surface area contributed by atoms with E-state index < -0.39 is 0 Å². The standard InChI is InChI=1S/C16H24N2OS/c1-5-12(6-2)11(4)17-16-18-14-9-8-13(19-7-3)10-15(14)20-16/h8-12H,5-7H2,1-4H3,(H,17,18). The molecule has 0 aliphatic heterocycles. The molecule has 0 saturated heterocycles. The smallest absolute Gasteiger partial charge is 0.184 e. The van der Waals surface area contributed by atoms with E-state index in [9.17, 15) is 0 Å². The van der Waals surface area contributed by atoms with E-state index in [0.717, 1.165) is 16.4 Å². The quantitative estimate of drug-likeness (QED) is 0.785. The van der Waals surface area contributed by atoms with E-state index in [0.29, 0.717) is 18.6 Å². The van der Waals surface area contributed by atoms with Crippen LogP contribution in [-0.2, 0) is 0 Å². The fraction of sp³-hybridized carbons (Fsp3) is 0.562. The van der Waals surface area contributed by atoms with Crippen LogP contribution in [0.25, 0.3) is 10.2 Å². The number of thiazole rings is 1. The Morgan fingerprint density at radius 1 is 1.25 bits per heavy atom. The summed E-state index contributed by atoms with van der Waals surface area (Å²) in [5, 5.41) is 4.56. The molecule has 3 nitrogen and oxygen atoms in total. The Kier molecular flexibility index (Phi) is 5.24. The van der Waals surface area contributed by atoms with Crippen LogP contribution < -0.4 is 10.1 Å². The molecule has 0 amide bonds. The minimum Gasteiger partial charge on any atom is -0.494 e. The SMILES string of the molecule is CCOc1ccc2nc(NC(C)C(CC)CC)sc2c1. The molecule has 4 heteroatoms. The highest BCUT2D eigenvalue weighted by atomic mass is 32.1. The summed E-state index contributed by atoms with van der Waals surface area (Å²) in [6.07, 6.45) is 2.40. The van der Waals surface area contributed by atoms with Crippen LogP contribution in [0.4, 0.5) is 5.13 Å². The molecule has 0 fully saturated rings. The van der Waals surface area contributed by atoms with E-state index >= 15 is 0 Å². The minimum absolute atomic E-state index is 0.455. The Hall–Kier alpha value is -1.29. The average molecular weight is 292 g/mol. The number of aromatic nitrogens is 1. The van der Waals surface area contributed by atoms with Gasteiger partial charge in [0.2, 0.25) is 0 Å². The van der Waals surface area contributed by atoms with Gasteiger partial charge in [0.15, 0.2) is 5.13 Å². The summed E-state index contributed by atoms with van der Waals surface area (Å²) < 4.78 is 6.71. The molecule has 1 aromatic heterocycles. The number of nitrogens with zero attached hydrogens (tertiary/aromatic N) is 1. The lowest BCUT2D eigenvalue weighted by atomic mass is 9.96. The third-order valence-corrected chi connectivity index (χ3v) is 4.73. The maximum atomic E-state index is 5.54. The summed E-state index contributed by atoms with van der Waals surface area (Å²) in [5.74, 6) is 1.62. The molecule has 2 rings (SSSR count). The molecule has 0 bridgehead atoms. The zero-order valence-electron chi connectivity index (χ0n) is 12.8. The number of nitrogens with one attached hydrogen (secondary N) is 1. The van der Waals surface area contributed by atoms with Gasteiger partial charge in [-0.05, 0) is 38.0 Å². The van der Waals surface area contributed by atoms with Gasteiger partial charge in [-0.1, -0.05) is 38.0 Å². The van der Waals surface area contributed by atoms with Gasteiger partial charge in [-0.25, -0.2) is 4.98 Å². The van der Waals surface area contributed by atoms with Gasteiger partial charge in [-0.3, -0.25) is 0 Å². The first kappa shape index (κ1) is 15.1. The third kappa shape index (κ3) is 3.42. The van der Waals surface area contributed by atoms with Crippen molar-refractivity contribution >= 4 is 26.7 Å². The van der Waals surface area contributed by atoms with Crippen molar-refractivity contribution in [2.45, 2.75) is 46.6 Å². The Morgan fingerprint density at radius 3 is 2.65 bits per heavy atom. The van der Waals surface area contributed by atoms with Crippen molar-refractivity contribution in [3.8, 4) is 5.75 Å². The molecule has 1 N–H and O–H groups in total. The molecular weight excluding hydrogens is 268 g/mol. The van der Waals surface area contributed by atoms with Gasteiger partial charge >= 0.3 is 0 Å². The van der Waals surface area contributed by atoms with Crippen LogP contribution in [0.1, 0.15) is 40.5 Å². The first-order valence-corrected chi connectivity index (χ1v) is 8.29. The molecule has 1 unspecified atom stereocenters. The van der Waals surface area contributed by atoms with Gasteiger partial charge in [-0.15, -0.1) is 0 Å². The van der Waals surface area contributed by atoms with Crippen molar-refractivity contribution in [3.63, 3.8) is 0 Å². The normalized spacial score (nSPS) is 12.8. The van der Waals surface area contributed by atoms with Gasteiger partial charge in [0.25, 0.3) is 0 Å². The molecule has 1 heterocycles.